The highest BCUT2D eigenvalue weighted by Crippen LogP contribution is 2.03. The number of carbonyl (C=O) groups is 1. The van der Waals surface area contributed by atoms with Gasteiger partial charge in [0.2, 0.25) is 0 Å². The lowest BCUT2D eigenvalue weighted by Crippen LogP contribution is -2.03. The summed E-state index contributed by atoms with van der Waals surface area (Å²) in [5.74, 6) is -1.06. The standard InChI is InChI=1S/C7H5N3O2.ClH/c11-7(12)5-6-9-2-4-10(6)3-1-8-5;/h1-4H,(H,11,12);1H. The summed E-state index contributed by atoms with van der Waals surface area (Å²) in [6, 6.07) is 0. The minimum Gasteiger partial charge on any atom is -0.476 e. The molecule has 2 rings (SSSR count). The van der Waals surface area contributed by atoms with E-state index in [1.165, 1.54) is 12.4 Å². The van der Waals surface area contributed by atoms with Crippen LogP contribution in [0.2, 0.25) is 0 Å². The Kier molecular flexibility index (Phi) is 2.48. The maximum absolute atomic E-state index is 10.6. The third kappa shape index (κ3) is 1.46. The normalized spacial score (nSPS) is 9.54. The molecule has 0 radical (unpaired) electrons. The van der Waals surface area contributed by atoms with E-state index >= 15 is 0 Å². The number of nitrogens with zero attached hydrogens (tertiary/aromatic N) is 3. The molecule has 2 aromatic heterocycles. The second-order valence-electron chi connectivity index (χ2n) is 2.24. The van der Waals surface area contributed by atoms with Crippen LogP contribution in [0.1, 0.15) is 10.5 Å². The van der Waals surface area contributed by atoms with E-state index in [9.17, 15) is 4.79 Å². The molecule has 0 aliphatic heterocycles. The number of carboxylic acids is 1. The highest BCUT2D eigenvalue weighted by molar-refractivity contribution is 5.91. The van der Waals surface area contributed by atoms with Gasteiger partial charge in [-0.05, 0) is 0 Å². The van der Waals surface area contributed by atoms with Crippen LogP contribution in [0.4, 0.5) is 0 Å². The molecular weight excluding hydrogens is 194 g/mol. The molecule has 2 aromatic rings. The van der Waals surface area contributed by atoms with Gasteiger partial charge in [-0.2, -0.15) is 0 Å². The van der Waals surface area contributed by atoms with Gasteiger partial charge in [-0.1, -0.05) is 0 Å². The Morgan fingerprint density at radius 3 is 2.54 bits per heavy atom. The molecule has 0 atom stereocenters. The van der Waals surface area contributed by atoms with Gasteiger partial charge in [0.15, 0.2) is 11.3 Å². The molecule has 0 fully saturated rings. The zero-order chi connectivity index (χ0) is 8.55. The van der Waals surface area contributed by atoms with E-state index < -0.39 is 5.97 Å². The Morgan fingerprint density at radius 2 is 1.92 bits per heavy atom. The number of aromatic carboxylic acids is 1. The first-order valence-corrected chi connectivity index (χ1v) is 3.30. The molecule has 13 heavy (non-hydrogen) atoms. The van der Waals surface area contributed by atoms with E-state index in [-0.39, 0.29) is 18.1 Å². The molecule has 0 unspecified atom stereocenters. The van der Waals surface area contributed by atoms with Gasteiger partial charge in [0, 0.05) is 24.8 Å². The summed E-state index contributed by atoms with van der Waals surface area (Å²) < 4.78 is 1.61. The van der Waals surface area contributed by atoms with Gasteiger partial charge in [-0.3, -0.25) is 0 Å². The van der Waals surface area contributed by atoms with Crippen molar-refractivity contribution in [2.24, 2.45) is 0 Å². The molecule has 0 aromatic carbocycles. The summed E-state index contributed by atoms with van der Waals surface area (Å²) in [6.07, 6.45) is 6.28. The summed E-state index contributed by atoms with van der Waals surface area (Å²) >= 11 is 0. The number of rotatable bonds is 1. The SMILES string of the molecule is Cl.O=C(O)c1nccn2ccnc12. The van der Waals surface area contributed by atoms with Crippen LogP contribution in [0, 0.1) is 0 Å². The highest BCUT2D eigenvalue weighted by atomic mass is 35.5. The molecule has 2 heterocycles. The van der Waals surface area contributed by atoms with Gasteiger partial charge >= 0.3 is 5.97 Å². The molecule has 0 aliphatic carbocycles. The van der Waals surface area contributed by atoms with Crippen LogP contribution in [-0.4, -0.2) is 25.4 Å². The Morgan fingerprint density at radius 1 is 1.31 bits per heavy atom. The molecule has 0 saturated carbocycles. The van der Waals surface area contributed by atoms with Crippen molar-refractivity contribution in [2.45, 2.75) is 0 Å². The summed E-state index contributed by atoms with van der Waals surface area (Å²) in [6.45, 7) is 0. The fourth-order valence-corrected chi connectivity index (χ4v) is 1.01. The summed E-state index contributed by atoms with van der Waals surface area (Å²) in [5.41, 5.74) is 0.340. The van der Waals surface area contributed by atoms with Gasteiger partial charge in [-0.25, -0.2) is 14.8 Å². The number of hydrogen-bond donors (Lipinski definition) is 1. The van der Waals surface area contributed by atoms with E-state index in [4.69, 9.17) is 5.11 Å². The number of hydrogen-bond acceptors (Lipinski definition) is 3. The largest absolute Gasteiger partial charge is 0.476 e. The molecule has 1 N–H and O–H groups in total. The van der Waals surface area contributed by atoms with Crippen molar-refractivity contribution in [1.29, 1.82) is 0 Å². The molecule has 0 spiro atoms. The molecular formula is C7H6ClN3O2. The molecule has 0 amide bonds. The van der Waals surface area contributed by atoms with E-state index in [0.717, 1.165) is 0 Å². The van der Waals surface area contributed by atoms with Crippen LogP contribution in [-0.2, 0) is 0 Å². The molecule has 0 saturated heterocycles. The van der Waals surface area contributed by atoms with E-state index in [1.54, 1.807) is 16.8 Å². The minimum atomic E-state index is -1.06. The second-order valence-corrected chi connectivity index (χ2v) is 2.24. The number of aromatic nitrogens is 3. The van der Waals surface area contributed by atoms with Gasteiger partial charge < -0.3 is 9.51 Å². The first-order chi connectivity index (χ1) is 5.79. The zero-order valence-corrected chi connectivity index (χ0v) is 7.23. The molecule has 6 heteroatoms. The maximum atomic E-state index is 10.6. The highest BCUT2D eigenvalue weighted by Gasteiger charge is 2.10. The van der Waals surface area contributed by atoms with Crippen LogP contribution in [0.15, 0.2) is 24.8 Å². The summed E-state index contributed by atoms with van der Waals surface area (Å²) in [5, 5.41) is 8.69. The number of halogens is 1. The van der Waals surface area contributed by atoms with Crippen molar-refractivity contribution in [3.05, 3.63) is 30.5 Å². The third-order valence-electron chi connectivity index (χ3n) is 1.51. The van der Waals surface area contributed by atoms with Gasteiger partial charge in [0.05, 0.1) is 0 Å². The van der Waals surface area contributed by atoms with E-state index in [2.05, 4.69) is 9.97 Å². The van der Waals surface area contributed by atoms with E-state index in [0.29, 0.717) is 5.65 Å². The summed E-state index contributed by atoms with van der Waals surface area (Å²) in [4.78, 5) is 18.2. The smallest absolute Gasteiger partial charge is 0.358 e. The third-order valence-corrected chi connectivity index (χ3v) is 1.51. The minimum absolute atomic E-state index is 0. The zero-order valence-electron chi connectivity index (χ0n) is 6.41. The maximum Gasteiger partial charge on any atom is 0.358 e. The molecule has 5 nitrogen and oxygen atoms in total. The van der Waals surface area contributed by atoms with Crippen molar-refractivity contribution in [3.8, 4) is 0 Å². The van der Waals surface area contributed by atoms with E-state index in [1.807, 2.05) is 0 Å². The van der Waals surface area contributed by atoms with Gasteiger partial charge in [0.1, 0.15) is 0 Å². The van der Waals surface area contributed by atoms with Gasteiger partial charge in [0.25, 0.3) is 0 Å². The first-order valence-electron chi connectivity index (χ1n) is 3.30. The lowest BCUT2D eigenvalue weighted by Gasteiger charge is -1.95. The molecule has 0 bridgehead atoms. The van der Waals surface area contributed by atoms with Crippen LogP contribution in [0.25, 0.3) is 5.65 Å². The average molecular weight is 200 g/mol. The van der Waals surface area contributed by atoms with Crippen LogP contribution in [0.5, 0.6) is 0 Å². The predicted molar refractivity (Wildman–Crippen MR) is 47.2 cm³/mol. The van der Waals surface area contributed by atoms with Crippen molar-refractivity contribution >= 4 is 24.0 Å². The summed E-state index contributed by atoms with van der Waals surface area (Å²) in [7, 11) is 0. The lowest BCUT2D eigenvalue weighted by atomic mass is 10.4. The predicted octanol–water partition coefficient (Wildman–Crippen LogP) is 0.849. The van der Waals surface area contributed by atoms with Crippen molar-refractivity contribution in [3.63, 3.8) is 0 Å². The van der Waals surface area contributed by atoms with Crippen LogP contribution >= 0.6 is 12.4 Å². The number of imidazole rings is 1. The van der Waals surface area contributed by atoms with Crippen LogP contribution in [0.3, 0.4) is 0 Å². The first kappa shape index (κ1) is 9.47. The fraction of sp³-hybridized carbons (Fsp3) is 0. The Hall–Kier alpha value is -1.62. The van der Waals surface area contributed by atoms with Crippen molar-refractivity contribution in [2.75, 3.05) is 0 Å². The topological polar surface area (TPSA) is 67.5 Å². The number of fused-ring (bicyclic) bond motifs is 1. The molecule has 0 aliphatic rings. The monoisotopic (exact) mass is 199 g/mol. The second kappa shape index (κ2) is 3.40. The fourth-order valence-electron chi connectivity index (χ4n) is 1.01. The van der Waals surface area contributed by atoms with Crippen molar-refractivity contribution in [1.82, 2.24) is 14.4 Å². The van der Waals surface area contributed by atoms with Crippen molar-refractivity contribution < 1.29 is 9.90 Å². The lowest BCUT2D eigenvalue weighted by molar-refractivity contribution is 0.0692. The average Bonchev–Trinajstić information content (AvgIpc) is 2.49. The Bertz CT molecular complexity index is 440. The quantitative estimate of drug-likeness (QED) is 0.740. The Balaban J connectivity index is 0.000000845. The number of carboxylic acid groups (broad SMARTS) is 1. The Labute approximate surface area is 79.5 Å². The molecule has 68 valence electrons. The van der Waals surface area contributed by atoms with Gasteiger partial charge in [-0.15, -0.1) is 12.4 Å². The van der Waals surface area contributed by atoms with Crippen LogP contribution < -0.4 is 0 Å².